The van der Waals surface area contributed by atoms with E-state index in [0.717, 1.165) is 31.9 Å². The average molecular weight is 243 g/mol. The highest BCUT2D eigenvalue weighted by molar-refractivity contribution is 4.84. The monoisotopic (exact) mass is 243 g/mol. The Morgan fingerprint density at radius 3 is 2.76 bits per heavy atom. The summed E-state index contributed by atoms with van der Waals surface area (Å²) in [6.07, 6.45) is 7.73. The Morgan fingerprint density at radius 2 is 2.12 bits per heavy atom. The van der Waals surface area contributed by atoms with Gasteiger partial charge in [-0.25, -0.2) is 4.39 Å². The van der Waals surface area contributed by atoms with Crippen LogP contribution in [0.5, 0.6) is 0 Å². The third-order valence-electron chi connectivity index (χ3n) is 4.22. The van der Waals surface area contributed by atoms with Gasteiger partial charge in [-0.05, 0) is 32.1 Å². The van der Waals surface area contributed by atoms with Gasteiger partial charge < -0.3 is 10.1 Å². The molecule has 1 N–H and O–H groups in total. The summed E-state index contributed by atoms with van der Waals surface area (Å²) < 4.78 is 19.8. The molecule has 0 bridgehead atoms. The summed E-state index contributed by atoms with van der Waals surface area (Å²) in [6, 6.07) is 0.210. The van der Waals surface area contributed by atoms with E-state index >= 15 is 0 Å². The SMILES string of the molecule is CC(F)(CCC1CCCC1)CC1COCCN1. The third-order valence-corrected chi connectivity index (χ3v) is 4.22. The molecule has 2 atom stereocenters. The van der Waals surface area contributed by atoms with Crippen LogP contribution in [-0.2, 0) is 4.74 Å². The molecular weight excluding hydrogens is 217 g/mol. The van der Waals surface area contributed by atoms with Crippen LogP contribution in [0.15, 0.2) is 0 Å². The molecule has 1 aliphatic heterocycles. The maximum absolute atomic E-state index is 14.4. The highest BCUT2D eigenvalue weighted by Gasteiger charge is 2.30. The molecule has 100 valence electrons. The molecule has 2 fully saturated rings. The molecule has 0 radical (unpaired) electrons. The normalized spacial score (nSPS) is 30.4. The zero-order valence-electron chi connectivity index (χ0n) is 11.0. The molecule has 2 aliphatic rings. The molecule has 2 unspecified atom stereocenters. The van der Waals surface area contributed by atoms with Crippen molar-refractivity contribution >= 4 is 0 Å². The van der Waals surface area contributed by atoms with Gasteiger partial charge in [0.25, 0.3) is 0 Å². The van der Waals surface area contributed by atoms with E-state index in [1.54, 1.807) is 6.92 Å². The fourth-order valence-electron chi connectivity index (χ4n) is 3.17. The van der Waals surface area contributed by atoms with Gasteiger partial charge in [-0.15, -0.1) is 0 Å². The summed E-state index contributed by atoms with van der Waals surface area (Å²) in [5.74, 6) is 0.792. The van der Waals surface area contributed by atoms with E-state index in [1.807, 2.05) is 0 Å². The van der Waals surface area contributed by atoms with Crippen molar-refractivity contribution in [2.45, 2.75) is 63.6 Å². The largest absolute Gasteiger partial charge is 0.379 e. The minimum absolute atomic E-state index is 0.210. The van der Waals surface area contributed by atoms with Crippen molar-refractivity contribution in [3.8, 4) is 0 Å². The molecule has 0 aromatic heterocycles. The first-order valence-corrected chi connectivity index (χ1v) is 7.16. The van der Waals surface area contributed by atoms with E-state index in [9.17, 15) is 4.39 Å². The van der Waals surface area contributed by atoms with Gasteiger partial charge in [-0.1, -0.05) is 25.7 Å². The smallest absolute Gasteiger partial charge is 0.109 e. The first-order valence-electron chi connectivity index (χ1n) is 7.16. The molecule has 3 heteroatoms. The summed E-state index contributed by atoms with van der Waals surface area (Å²) >= 11 is 0. The van der Waals surface area contributed by atoms with Crippen LogP contribution in [0.25, 0.3) is 0 Å². The Hall–Kier alpha value is -0.150. The zero-order valence-corrected chi connectivity index (χ0v) is 11.0. The number of rotatable bonds is 5. The third kappa shape index (κ3) is 4.55. The lowest BCUT2D eigenvalue weighted by Crippen LogP contribution is -2.44. The molecule has 1 heterocycles. The van der Waals surface area contributed by atoms with Crippen molar-refractivity contribution in [2.24, 2.45) is 5.92 Å². The minimum Gasteiger partial charge on any atom is -0.379 e. The van der Waals surface area contributed by atoms with Gasteiger partial charge in [0.1, 0.15) is 5.67 Å². The highest BCUT2D eigenvalue weighted by atomic mass is 19.1. The number of alkyl halides is 1. The number of hydrogen-bond acceptors (Lipinski definition) is 2. The fourth-order valence-corrected chi connectivity index (χ4v) is 3.17. The van der Waals surface area contributed by atoms with Crippen molar-refractivity contribution in [1.29, 1.82) is 0 Å². The summed E-state index contributed by atoms with van der Waals surface area (Å²) in [5, 5.41) is 3.34. The van der Waals surface area contributed by atoms with Gasteiger partial charge >= 0.3 is 0 Å². The fraction of sp³-hybridized carbons (Fsp3) is 1.00. The second-order valence-electron chi connectivity index (χ2n) is 6.03. The van der Waals surface area contributed by atoms with E-state index in [0.29, 0.717) is 13.0 Å². The predicted octanol–water partition coefficient (Wildman–Crippen LogP) is 3.06. The summed E-state index contributed by atoms with van der Waals surface area (Å²) in [7, 11) is 0. The number of nitrogens with one attached hydrogen (secondary N) is 1. The van der Waals surface area contributed by atoms with E-state index in [4.69, 9.17) is 4.74 Å². The van der Waals surface area contributed by atoms with E-state index in [-0.39, 0.29) is 6.04 Å². The second-order valence-corrected chi connectivity index (χ2v) is 6.03. The number of morpholine rings is 1. The molecule has 17 heavy (non-hydrogen) atoms. The predicted molar refractivity (Wildman–Crippen MR) is 67.9 cm³/mol. The Bertz CT molecular complexity index is 220. The average Bonchev–Trinajstić information content (AvgIpc) is 2.80. The van der Waals surface area contributed by atoms with Gasteiger partial charge in [0.2, 0.25) is 0 Å². The number of halogens is 1. The lowest BCUT2D eigenvalue weighted by molar-refractivity contribution is 0.0440. The van der Waals surface area contributed by atoms with Crippen LogP contribution in [0.2, 0.25) is 0 Å². The maximum Gasteiger partial charge on any atom is 0.109 e. The van der Waals surface area contributed by atoms with Crippen LogP contribution in [0.4, 0.5) is 4.39 Å². The molecule has 2 rings (SSSR count). The summed E-state index contributed by atoms with van der Waals surface area (Å²) in [6.45, 7) is 4.06. The van der Waals surface area contributed by atoms with E-state index in [2.05, 4.69) is 5.32 Å². The molecule has 1 saturated carbocycles. The molecule has 0 aromatic carbocycles. The quantitative estimate of drug-likeness (QED) is 0.801. The Labute approximate surface area is 104 Å². The van der Waals surface area contributed by atoms with E-state index in [1.165, 1.54) is 25.7 Å². The molecule has 0 spiro atoms. The lowest BCUT2D eigenvalue weighted by Gasteiger charge is -2.30. The molecule has 0 amide bonds. The van der Waals surface area contributed by atoms with Gasteiger partial charge in [-0.2, -0.15) is 0 Å². The van der Waals surface area contributed by atoms with Crippen molar-refractivity contribution < 1.29 is 9.13 Å². The van der Waals surface area contributed by atoms with Crippen molar-refractivity contribution in [3.63, 3.8) is 0 Å². The first-order chi connectivity index (χ1) is 8.16. The molecule has 1 saturated heterocycles. The van der Waals surface area contributed by atoms with Crippen molar-refractivity contribution in [1.82, 2.24) is 5.32 Å². The molecule has 1 aliphatic carbocycles. The standard InChI is InChI=1S/C14H26FNO/c1-14(15,7-6-12-4-2-3-5-12)10-13-11-17-9-8-16-13/h12-13,16H,2-11H2,1H3. The van der Waals surface area contributed by atoms with Crippen molar-refractivity contribution in [2.75, 3.05) is 19.8 Å². The minimum atomic E-state index is -1.03. The van der Waals surface area contributed by atoms with Crippen LogP contribution in [0.1, 0.15) is 51.9 Å². The molecular formula is C14H26FNO. The Kier molecular flexibility index (Phi) is 4.80. The summed E-state index contributed by atoms with van der Waals surface area (Å²) in [4.78, 5) is 0. The Balaban J connectivity index is 1.68. The van der Waals surface area contributed by atoms with Crippen LogP contribution < -0.4 is 5.32 Å². The highest BCUT2D eigenvalue weighted by Crippen LogP contribution is 2.33. The lowest BCUT2D eigenvalue weighted by atomic mass is 9.89. The second kappa shape index (κ2) is 6.14. The van der Waals surface area contributed by atoms with Gasteiger partial charge in [0.05, 0.1) is 13.2 Å². The van der Waals surface area contributed by atoms with Crippen LogP contribution in [0.3, 0.4) is 0 Å². The Morgan fingerprint density at radius 1 is 1.35 bits per heavy atom. The topological polar surface area (TPSA) is 21.3 Å². The van der Waals surface area contributed by atoms with Crippen LogP contribution in [0, 0.1) is 5.92 Å². The van der Waals surface area contributed by atoms with Crippen LogP contribution in [-0.4, -0.2) is 31.5 Å². The van der Waals surface area contributed by atoms with Gasteiger partial charge in [-0.3, -0.25) is 0 Å². The van der Waals surface area contributed by atoms with E-state index < -0.39 is 5.67 Å². The van der Waals surface area contributed by atoms with Crippen molar-refractivity contribution in [3.05, 3.63) is 0 Å². The number of hydrogen-bond donors (Lipinski definition) is 1. The molecule has 2 nitrogen and oxygen atoms in total. The zero-order chi connectivity index (χ0) is 12.1. The van der Waals surface area contributed by atoms with Crippen LogP contribution >= 0.6 is 0 Å². The summed E-state index contributed by atoms with van der Waals surface area (Å²) in [5.41, 5.74) is -1.03. The van der Waals surface area contributed by atoms with Gasteiger partial charge in [0, 0.05) is 12.6 Å². The molecule has 0 aromatic rings. The van der Waals surface area contributed by atoms with Gasteiger partial charge in [0.15, 0.2) is 0 Å². The number of ether oxygens (including phenoxy) is 1. The maximum atomic E-state index is 14.4. The first kappa shape index (κ1) is 13.3.